The number of nitrogen functional groups attached to an aromatic ring is 1. The SMILES string of the molecule is Cc1ccnc(NC2CCN3CCCCC23)c1N. The number of nitrogens with zero attached hydrogens (tertiary/aromatic N) is 2. The Balaban J connectivity index is 1.74. The van der Waals surface area contributed by atoms with Gasteiger partial charge in [-0.25, -0.2) is 4.98 Å². The van der Waals surface area contributed by atoms with Crippen molar-refractivity contribution < 1.29 is 0 Å². The summed E-state index contributed by atoms with van der Waals surface area (Å²) in [5.74, 6) is 0.868. The van der Waals surface area contributed by atoms with Crippen molar-refractivity contribution in [3.05, 3.63) is 17.8 Å². The molecule has 0 saturated carbocycles. The van der Waals surface area contributed by atoms with Crippen LogP contribution in [0.15, 0.2) is 12.3 Å². The first kappa shape index (κ1) is 11.8. The van der Waals surface area contributed by atoms with Crippen molar-refractivity contribution in [2.75, 3.05) is 24.1 Å². The number of nitrogens with two attached hydrogens (primary N) is 1. The molecule has 2 unspecified atom stereocenters. The lowest BCUT2D eigenvalue weighted by molar-refractivity contribution is 0.192. The third-order valence-corrected chi connectivity index (χ3v) is 4.39. The lowest BCUT2D eigenvalue weighted by Gasteiger charge is -2.32. The van der Waals surface area contributed by atoms with Crippen molar-refractivity contribution in [2.24, 2.45) is 0 Å². The molecule has 3 N–H and O–H groups in total. The maximum absolute atomic E-state index is 6.09. The van der Waals surface area contributed by atoms with E-state index in [1.807, 2.05) is 19.2 Å². The molecular formula is C14H22N4. The van der Waals surface area contributed by atoms with Gasteiger partial charge in [-0.05, 0) is 44.4 Å². The molecule has 4 nitrogen and oxygen atoms in total. The summed E-state index contributed by atoms with van der Waals surface area (Å²) in [5.41, 5.74) is 7.99. The first-order valence-electron chi connectivity index (χ1n) is 6.97. The van der Waals surface area contributed by atoms with Gasteiger partial charge in [-0.3, -0.25) is 4.90 Å². The zero-order valence-electron chi connectivity index (χ0n) is 11.0. The van der Waals surface area contributed by atoms with Crippen LogP contribution in [0.25, 0.3) is 0 Å². The number of anilines is 2. The highest BCUT2D eigenvalue weighted by atomic mass is 15.2. The van der Waals surface area contributed by atoms with E-state index < -0.39 is 0 Å². The van der Waals surface area contributed by atoms with E-state index >= 15 is 0 Å². The Labute approximate surface area is 109 Å². The fourth-order valence-corrected chi connectivity index (χ4v) is 3.28. The molecule has 1 aromatic heterocycles. The molecule has 0 radical (unpaired) electrons. The van der Waals surface area contributed by atoms with Gasteiger partial charge in [-0.15, -0.1) is 0 Å². The quantitative estimate of drug-likeness (QED) is 0.838. The lowest BCUT2D eigenvalue weighted by Crippen LogP contribution is -2.41. The molecular weight excluding hydrogens is 224 g/mol. The molecule has 0 amide bonds. The van der Waals surface area contributed by atoms with Gasteiger partial charge in [-0.2, -0.15) is 0 Å². The van der Waals surface area contributed by atoms with Gasteiger partial charge in [0.25, 0.3) is 0 Å². The molecule has 0 aliphatic carbocycles. The Hall–Kier alpha value is -1.29. The van der Waals surface area contributed by atoms with Crippen molar-refractivity contribution in [1.82, 2.24) is 9.88 Å². The molecule has 2 atom stereocenters. The summed E-state index contributed by atoms with van der Waals surface area (Å²) in [6.45, 7) is 4.51. The van der Waals surface area contributed by atoms with E-state index in [4.69, 9.17) is 5.73 Å². The maximum Gasteiger partial charge on any atom is 0.149 e. The molecule has 4 heteroatoms. The van der Waals surface area contributed by atoms with Gasteiger partial charge in [0.05, 0.1) is 5.69 Å². The van der Waals surface area contributed by atoms with Crippen LogP contribution in [0.5, 0.6) is 0 Å². The zero-order valence-corrected chi connectivity index (χ0v) is 11.0. The van der Waals surface area contributed by atoms with Crippen LogP contribution in [0, 0.1) is 6.92 Å². The molecule has 0 bridgehead atoms. The largest absolute Gasteiger partial charge is 0.396 e. The number of rotatable bonds is 2. The van der Waals surface area contributed by atoms with Gasteiger partial charge in [0, 0.05) is 24.8 Å². The average Bonchev–Trinajstić information content (AvgIpc) is 2.79. The van der Waals surface area contributed by atoms with Gasteiger partial charge in [0.2, 0.25) is 0 Å². The second-order valence-corrected chi connectivity index (χ2v) is 5.53. The van der Waals surface area contributed by atoms with Crippen LogP contribution < -0.4 is 11.1 Å². The topological polar surface area (TPSA) is 54.2 Å². The van der Waals surface area contributed by atoms with Crippen LogP contribution in [-0.2, 0) is 0 Å². The molecule has 98 valence electrons. The van der Waals surface area contributed by atoms with Crippen molar-refractivity contribution in [3.8, 4) is 0 Å². The Bertz CT molecular complexity index is 432. The first-order valence-corrected chi connectivity index (χ1v) is 6.97. The van der Waals surface area contributed by atoms with Crippen LogP contribution in [0.3, 0.4) is 0 Å². The second kappa shape index (κ2) is 4.76. The Morgan fingerprint density at radius 3 is 3.11 bits per heavy atom. The maximum atomic E-state index is 6.09. The minimum Gasteiger partial charge on any atom is -0.396 e. The highest BCUT2D eigenvalue weighted by molar-refractivity contribution is 5.65. The van der Waals surface area contributed by atoms with E-state index in [9.17, 15) is 0 Å². The fraction of sp³-hybridized carbons (Fsp3) is 0.643. The number of fused-ring (bicyclic) bond motifs is 1. The van der Waals surface area contributed by atoms with Crippen LogP contribution in [0.2, 0.25) is 0 Å². The molecule has 2 aliphatic heterocycles. The van der Waals surface area contributed by atoms with Crippen LogP contribution in [0.1, 0.15) is 31.2 Å². The zero-order chi connectivity index (χ0) is 12.5. The number of hydrogen-bond acceptors (Lipinski definition) is 4. The Morgan fingerprint density at radius 2 is 2.22 bits per heavy atom. The fourth-order valence-electron chi connectivity index (χ4n) is 3.28. The minimum absolute atomic E-state index is 0.516. The van der Waals surface area contributed by atoms with Crippen molar-refractivity contribution in [3.63, 3.8) is 0 Å². The Kier molecular flexibility index (Phi) is 3.12. The number of nitrogens with one attached hydrogen (secondary N) is 1. The van der Waals surface area contributed by atoms with Crippen molar-refractivity contribution in [1.29, 1.82) is 0 Å². The van der Waals surface area contributed by atoms with Gasteiger partial charge < -0.3 is 11.1 Å². The minimum atomic E-state index is 0.516. The van der Waals surface area contributed by atoms with Crippen LogP contribution >= 0.6 is 0 Å². The summed E-state index contributed by atoms with van der Waals surface area (Å²) in [6, 6.07) is 3.16. The summed E-state index contributed by atoms with van der Waals surface area (Å²) in [4.78, 5) is 7.00. The summed E-state index contributed by atoms with van der Waals surface area (Å²) in [6.07, 6.45) is 7.06. The molecule has 3 heterocycles. The summed E-state index contributed by atoms with van der Waals surface area (Å²) >= 11 is 0. The highest BCUT2D eigenvalue weighted by Gasteiger charge is 2.35. The highest BCUT2D eigenvalue weighted by Crippen LogP contribution is 2.30. The van der Waals surface area contributed by atoms with Crippen molar-refractivity contribution >= 4 is 11.5 Å². The third-order valence-electron chi connectivity index (χ3n) is 4.39. The van der Waals surface area contributed by atoms with E-state index in [0.29, 0.717) is 12.1 Å². The molecule has 0 aromatic carbocycles. The summed E-state index contributed by atoms with van der Waals surface area (Å²) in [5, 5.41) is 3.57. The van der Waals surface area contributed by atoms with Gasteiger partial charge >= 0.3 is 0 Å². The summed E-state index contributed by atoms with van der Waals surface area (Å²) in [7, 11) is 0. The average molecular weight is 246 g/mol. The number of hydrogen-bond donors (Lipinski definition) is 2. The van der Waals surface area contributed by atoms with Crippen LogP contribution in [-0.4, -0.2) is 35.1 Å². The molecule has 2 fully saturated rings. The predicted molar refractivity (Wildman–Crippen MR) is 74.6 cm³/mol. The lowest BCUT2D eigenvalue weighted by atomic mass is 9.99. The molecule has 3 rings (SSSR count). The molecule has 18 heavy (non-hydrogen) atoms. The third kappa shape index (κ3) is 2.05. The molecule has 0 spiro atoms. The summed E-state index contributed by atoms with van der Waals surface area (Å²) < 4.78 is 0. The standard InChI is InChI=1S/C14H22N4/c1-10-5-7-16-14(13(10)15)17-11-6-9-18-8-3-2-4-12(11)18/h5,7,11-12H,2-4,6,8-9,15H2,1H3,(H,16,17). The number of aryl methyl sites for hydroxylation is 1. The molecule has 1 aromatic rings. The smallest absolute Gasteiger partial charge is 0.149 e. The second-order valence-electron chi connectivity index (χ2n) is 5.53. The van der Waals surface area contributed by atoms with Gasteiger partial charge in [0.15, 0.2) is 0 Å². The van der Waals surface area contributed by atoms with Gasteiger partial charge in [0.1, 0.15) is 5.82 Å². The molecule has 2 aliphatic rings. The van der Waals surface area contributed by atoms with Gasteiger partial charge in [-0.1, -0.05) is 6.42 Å². The number of aromatic nitrogens is 1. The monoisotopic (exact) mass is 246 g/mol. The number of piperidine rings is 1. The Morgan fingerprint density at radius 1 is 1.33 bits per heavy atom. The molecule has 2 saturated heterocycles. The normalized spacial score (nSPS) is 28.1. The van der Waals surface area contributed by atoms with E-state index in [0.717, 1.165) is 17.1 Å². The van der Waals surface area contributed by atoms with E-state index in [1.54, 1.807) is 0 Å². The van der Waals surface area contributed by atoms with Crippen molar-refractivity contribution in [2.45, 2.75) is 44.7 Å². The first-order chi connectivity index (χ1) is 8.75. The van der Waals surface area contributed by atoms with E-state index in [-0.39, 0.29) is 0 Å². The van der Waals surface area contributed by atoms with Crippen LogP contribution in [0.4, 0.5) is 11.5 Å². The number of pyridine rings is 1. The van der Waals surface area contributed by atoms with E-state index in [1.165, 1.54) is 38.8 Å². The predicted octanol–water partition coefficient (Wildman–Crippen LogP) is 2.01. The van der Waals surface area contributed by atoms with E-state index in [2.05, 4.69) is 15.2 Å².